The van der Waals surface area contributed by atoms with Crippen molar-refractivity contribution in [3.8, 4) is 17.1 Å². The third-order valence-electron chi connectivity index (χ3n) is 5.60. The highest BCUT2D eigenvalue weighted by Crippen LogP contribution is 2.31. The van der Waals surface area contributed by atoms with Crippen molar-refractivity contribution in [3.05, 3.63) is 36.7 Å². The molecule has 0 aliphatic carbocycles. The van der Waals surface area contributed by atoms with Gasteiger partial charge in [-0.25, -0.2) is 4.98 Å². The zero-order valence-electron chi connectivity index (χ0n) is 16.6. The number of pyridine rings is 1. The quantitative estimate of drug-likeness (QED) is 0.578. The molecule has 29 heavy (non-hydrogen) atoms. The smallest absolute Gasteiger partial charge is 0.225 e. The summed E-state index contributed by atoms with van der Waals surface area (Å²) in [5.41, 5.74) is 3.67. The normalized spacial score (nSPS) is 17.8. The maximum atomic E-state index is 11.6. The Labute approximate surface area is 167 Å². The second-order valence-electron chi connectivity index (χ2n) is 7.68. The third-order valence-corrected chi connectivity index (χ3v) is 5.60. The van der Waals surface area contributed by atoms with Crippen molar-refractivity contribution in [2.45, 2.75) is 19.4 Å². The first kappa shape index (κ1) is 17.7. The molecule has 1 aromatic carbocycles. The van der Waals surface area contributed by atoms with Crippen LogP contribution in [0.1, 0.15) is 13.3 Å². The number of nitrogens with zero attached hydrogens (tertiary/aromatic N) is 5. The molecular weight excluding hydrogens is 368 g/mol. The predicted octanol–water partition coefficient (Wildman–Crippen LogP) is 2.43. The molecule has 0 bridgehead atoms. The van der Waals surface area contributed by atoms with E-state index >= 15 is 0 Å². The van der Waals surface area contributed by atoms with Gasteiger partial charge in [0.05, 0.1) is 28.3 Å². The summed E-state index contributed by atoms with van der Waals surface area (Å²) in [6.07, 6.45) is 4.10. The average Bonchev–Trinajstić information content (AvgIpc) is 3.39. The van der Waals surface area contributed by atoms with E-state index < -0.39 is 0 Å². The number of carbonyl (C=O) groups is 1. The number of aromatic nitrogens is 5. The van der Waals surface area contributed by atoms with Crippen LogP contribution < -0.4 is 10.1 Å². The number of nitrogens with one attached hydrogen (secondary N) is 1. The van der Waals surface area contributed by atoms with E-state index in [9.17, 15) is 4.79 Å². The van der Waals surface area contributed by atoms with Crippen molar-refractivity contribution in [2.24, 2.45) is 20.0 Å². The number of fused-ring (bicyclic) bond motifs is 2. The van der Waals surface area contributed by atoms with Gasteiger partial charge in [-0.3, -0.25) is 14.2 Å². The number of hydrogen-bond donors (Lipinski definition) is 1. The molecule has 148 valence electrons. The zero-order chi connectivity index (χ0) is 20.1. The SMILES string of the molecule is CC(Oc1nc(-c2ccc3c(cnn3C)c2)cc2nn(C)cc12)[C@H]1CNC(=O)C1. The lowest BCUT2D eigenvalue weighted by Gasteiger charge is -2.19. The molecule has 2 atom stereocenters. The fraction of sp³-hybridized carbons (Fsp3) is 0.333. The molecule has 8 nitrogen and oxygen atoms in total. The van der Waals surface area contributed by atoms with Gasteiger partial charge in [0.15, 0.2) is 0 Å². The van der Waals surface area contributed by atoms with Crippen molar-refractivity contribution in [1.82, 2.24) is 29.9 Å². The summed E-state index contributed by atoms with van der Waals surface area (Å²) in [5.74, 6) is 0.749. The second kappa shape index (κ2) is 6.58. The summed E-state index contributed by atoms with van der Waals surface area (Å²) in [5, 5.41) is 13.7. The fourth-order valence-corrected chi connectivity index (χ4v) is 3.90. The van der Waals surface area contributed by atoms with E-state index in [1.54, 1.807) is 4.68 Å². The average molecular weight is 390 g/mol. The van der Waals surface area contributed by atoms with Crippen LogP contribution in [0.5, 0.6) is 5.88 Å². The Hall–Kier alpha value is -3.42. The summed E-state index contributed by atoms with van der Waals surface area (Å²) >= 11 is 0. The lowest BCUT2D eigenvalue weighted by atomic mass is 10.0. The van der Waals surface area contributed by atoms with E-state index in [2.05, 4.69) is 21.6 Å². The lowest BCUT2D eigenvalue weighted by molar-refractivity contribution is -0.119. The number of benzene rings is 1. The van der Waals surface area contributed by atoms with Crippen molar-refractivity contribution >= 4 is 27.7 Å². The first-order valence-corrected chi connectivity index (χ1v) is 9.68. The zero-order valence-corrected chi connectivity index (χ0v) is 16.6. The van der Waals surface area contributed by atoms with Crippen LogP contribution in [0, 0.1) is 5.92 Å². The standard InChI is InChI=1S/C21H22N6O2/c1-12(14-7-20(28)22-9-14)29-21-16-11-26(2)25-18(16)8-17(24-21)13-4-5-19-15(6-13)10-23-27(19)3/h4-6,8,10-12,14H,7,9H2,1-3H3,(H,22,28)/t12?,14-/m1/s1. The van der Waals surface area contributed by atoms with E-state index in [-0.39, 0.29) is 17.9 Å². The van der Waals surface area contributed by atoms with Gasteiger partial charge in [-0.05, 0) is 25.1 Å². The molecule has 8 heteroatoms. The molecule has 5 rings (SSSR count). The molecule has 1 aliphatic heterocycles. The molecule has 1 fully saturated rings. The lowest BCUT2D eigenvalue weighted by Crippen LogP contribution is -2.26. The molecule has 1 saturated heterocycles. The van der Waals surface area contributed by atoms with Gasteiger partial charge >= 0.3 is 0 Å². The van der Waals surface area contributed by atoms with Gasteiger partial charge in [-0.1, -0.05) is 6.07 Å². The van der Waals surface area contributed by atoms with Crippen molar-refractivity contribution < 1.29 is 9.53 Å². The Morgan fingerprint density at radius 2 is 2.14 bits per heavy atom. The highest BCUT2D eigenvalue weighted by atomic mass is 16.5. The summed E-state index contributed by atoms with van der Waals surface area (Å²) in [7, 11) is 3.81. The van der Waals surface area contributed by atoms with Gasteiger partial charge < -0.3 is 10.1 Å². The fourth-order valence-electron chi connectivity index (χ4n) is 3.90. The number of carbonyl (C=O) groups excluding carboxylic acids is 1. The first-order valence-electron chi connectivity index (χ1n) is 9.68. The summed E-state index contributed by atoms with van der Waals surface area (Å²) in [6.45, 7) is 2.62. The molecule has 4 aromatic rings. The van der Waals surface area contributed by atoms with Crippen LogP contribution in [0.4, 0.5) is 0 Å². The van der Waals surface area contributed by atoms with Gasteiger partial charge in [0, 0.05) is 50.1 Å². The Morgan fingerprint density at radius 3 is 2.93 bits per heavy atom. The van der Waals surface area contributed by atoms with Crippen LogP contribution >= 0.6 is 0 Å². The molecule has 1 amide bonds. The largest absolute Gasteiger partial charge is 0.474 e. The van der Waals surface area contributed by atoms with Crippen LogP contribution in [-0.2, 0) is 18.9 Å². The van der Waals surface area contributed by atoms with Crippen LogP contribution in [0.3, 0.4) is 0 Å². The third kappa shape index (κ3) is 3.10. The number of ether oxygens (including phenoxy) is 1. The van der Waals surface area contributed by atoms with E-state index in [1.807, 2.05) is 56.3 Å². The summed E-state index contributed by atoms with van der Waals surface area (Å²) < 4.78 is 9.87. The Morgan fingerprint density at radius 1 is 1.28 bits per heavy atom. The molecule has 4 heterocycles. The maximum absolute atomic E-state index is 11.6. The molecular formula is C21H22N6O2. The van der Waals surface area contributed by atoms with Crippen molar-refractivity contribution in [2.75, 3.05) is 6.54 Å². The van der Waals surface area contributed by atoms with Gasteiger partial charge in [0.1, 0.15) is 6.10 Å². The van der Waals surface area contributed by atoms with E-state index in [1.165, 1.54) is 0 Å². The van der Waals surface area contributed by atoms with Gasteiger partial charge in [-0.15, -0.1) is 0 Å². The van der Waals surface area contributed by atoms with E-state index in [4.69, 9.17) is 9.72 Å². The number of amides is 1. The molecule has 0 radical (unpaired) electrons. The first-order chi connectivity index (χ1) is 14.0. The minimum atomic E-state index is -0.138. The maximum Gasteiger partial charge on any atom is 0.225 e. The second-order valence-corrected chi connectivity index (χ2v) is 7.68. The van der Waals surface area contributed by atoms with Crippen molar-refractivity contribution in [1.29, 1.82) is 0 Å². The van der Waals surface area contributed by atoms with E-state index in [0.717, 1.165) is 33.1 Å². The minimum absolute atomic E-state index is 0.0726. The van der Waals surface area contributed by atoms with Crippen LogP contribution in [-0.4, -0.2) is 43.1 Å². The molecule has 0 saturated carbocycles. The Bertz CT molecular complexity index is 1240. The van der Waals surface area contributed by atoms with E-state index in [0.29, 0.717) is 18.8 Å². The van der Waals surface area contributed by atoms with Crippen LogP contribution in [0.2, 0.25) is 0 Å². The topological polar surface area (TPSA) is 86.9 Å². The molecule has 1 unspecified atom stereocenters. The van der Waals surface area contributed by atoms with Gasteiger partial charge in [0.2, 0.25) is 11.8 Å². The molecule has 1 N–H and O–H groups in total. The monoisotopic (exact) mass is 390 g/mol. The minimum Gasteiger partial charge on any atom is -0.474 e. The van der Waals surface area contributed by atoms with Gasteiger partial charge in [0.25, 0.3) is 0 Å². The van der Waals surface area contributed by atoms with Crippen LogP contribution in [0.25, 0.3) is 33.1 Å². The predicted molar refractivity (Wildman–Crippen MR) is 109 cm³/mol. The Kier molecular flexibility index (Phi) is 4.01. The highest BCUT2D eigenvalue weighted by molar-refractivity contribution is 5.89. The summed E-state index contributed by atoms with van der Waals surface area (Å²) in [6, 6.07) is 8.13. The van der Waals surface area contributed by atoms with Crippen LogP contribution in [0.15, 0.2) is 36.7 Å². The molecule has 0 spiro atoms. The molecule has 1 aliphatic rings. The Balaban J connectivity index is 1.56. The number of aryl methyl sites for hydroxylation is 2. The highest BCUT2D eigenvalue weighted by Gasteiger charge is 2.29. The van der Waals surface area contributed by atoms with Gasteiger partial charge in [-0.2, -0.15) is 10.2 Å². The summed E-state index contributed by atoms with van der Waals surface area (Å²) in [4.78, 5) is 16.4. The number of rotatable bonds is 4. The molecule has 3 aromatic heterocycles. The van der Waals surface area contributed by atoms with Crippen molar-refractivity contribution in [3.63, 3.8) is 0 Å². The number of hydrogen-bond acceptors (Lipinski definition) is 5.